The van der Waals surface area contributed by atoms with E-state index >= 15 is 0 Å². The van der Waals surface area contributed by atoms with Crippen LogP contribution in [0.3, 0.4) is 0 Å². The van der Waals surface area contributed by atoms with Crippen molar-refractivity contribution in [3.8, 4) is 0 Å². The molecule has 1 N–H and O–H groups in total. The number of rotatable bonds is 6. The van der Waals surface area contributed by atoms with Gasteiger partial charge >= 0.3 is 5.97 Å². The predicted molar refractivity (Wildman–Crippen MR) is 102 cm³/mol. The number of epoxide rings is 1. The average molecular weight is 386 g/mol. The minimum Gasteiger partial charge on any atom is -0.466 e. The Balaban J connectivity index is 2.21. The van der Waals surface area contributed by atoms with Crippen LogP contribution in [-0.2, 0) is 20.7 Å². The lowest BCUT2D eigenvalue weighted by atomic mass is 9.69. The molecule has 1 aliphatic carbocycles. The monoisotopic (exact) mass is 386 g/mol. The molecule has 0 radical (unpaired) electrons. The van der Waals surface area contributed by atoms with Gasteiger partial charge in [-0.2, -0.15) is 0 Å². The number of methoxy groups -OCH3 is 1. The number of fused-ring (bicyclic) bond motifs is 2. The molecule has 1 saturated heterocycles. The van der Waals surface area contributed by atoms with Crippen molar-refractivity contribution in [3.63, 3.8) is 0 Å². The number of ether oxygens (including phenoxy) is 2. The first-order valence-corrected chi connectivity index (χ1v) is 9.42. The highest BCUT2D eigenvalue weighted by molar-refractivity contribution is 6.33. The fourth-order valence-corrected chi connectivity index (χ4v) is 4.11. The lowest BCUT2D eigenvalue weighted by Gasteiger charge is -2.26. The normalized spacial score (nSPS) is 25.2. The van der Waals surface area contributed by atoms with Gasteiger partial charge in [0.15, 0.2) is 11.4 Å². The molecule has 6 heteroatoms. The molecule has 0 unspecified atom stereocenters. The molecular weight excluding hydrogens is 360 g/mol. The van der Waals surface area contributed by atoms with E-state index in [0.717, 1.165) is 11.1 Å². The molecule has 0 amide bonds. The molecule has 3 rings (SSSR count). The topological polar surface area (TPSA) is 93.2 Å². The third-order valence-electron chi connectivity index (χ3n) is 5.62. The van der Waals surface area contributed by atoms with Crippen molar-refractivity contribution in [2.24, 2.45) is 5.92 Å². The lowest BCUT2D eigenvalue weighted by molar-refractivity contribution is -0.145. The third kappa shape index (κ3) is 2.66. The van der Waals surface area contributed by atoms with Gasteiger partial charge in [0.25, 0.3) is 5.60 Å². The summed E-state index contributed by atoms with van der Waals surface area (Å²) in [4.78, 5) is 39.7. The zero-order valence-corrected chi connectivity index (χ0v) is 16.9. The van der Waals surface area contributed by atoms with E-state index in [1.807, 2.05) is 13.8 Å². The smallest absolute Gasteiger partial charge is 0.350 e. The molecule has 1 heterocycles. The Morgan fingerprint density at radius 3 is 2.43 bits per heavy atom. The van der Waals surface area contributed by atoms with Gasteiger partial charge in [-0.25, -0.2) is 4.79 Å². The summed E-state index contributed by atoms with van der Waals surface area (Å²) in [5, 5.41) is 9.70. The summed E-state index contributed by atoms with van der Waals surface area (Å²) >= 11 is 0. The molecule has 2 atom stereocenters. The minimum absolute atomic E-state index is 0.0284. The maximum atomic E-state index is 13.5. The first-order valence-electron chi connectivity index (χ1n) is 9.42. The second-order valence-corrected chi connectivity index (χ2v) is 8.14. The molecule has 1 aromatic carbocycles. The number of hydrogen-bond donors (Lipinski definition) is 1. The van der Waals surface area contributed by atoms with Crippen LogP contribution in [0.1, 0.15) is 60.4 Å². The number of ketones is 2. The van der Waals surface area contributed by atoms with Gasteiger partial charge in [0, 0.05) is 17.5 Å². The van der Waals surface area contributed by atoms with E-state index in [-0.39, 0.29) is 30.1 Å². The number of benzene rings is 1. The van der Waals surface area contributed by atoms with Gasteiger partial charge in [-0.1, -0.05) is 37.6 Å². The molecule has 150 valence electrons. The Hall–Kier alpha value is -2.31. The van der Waals surface area contributed by atoms with Crippen LogP contribution in [0, 0.1) is 5.92 Å². The Morgan fingerprint density at radius 1 is 1.21 bits per heavy atom. The van der Waals surface area contributed by atoms with E-state index in [1.165, 1.54) is 7.11 Å². The maximum Gasteiger partial charge on any atom is 0.350 e. The molecule has 1 aromatic rings. The Kier molecular flexibility index (Phi) is 5.06. The number of aliphatic hydroxyl groups excluding tert-OH is 1. The molecule has 0 bridgehead atoms. The quantitative estimate of drug-likeness (QED) is 0.350. The maximum absolute atomic E-state index is 13.5. The van der Waals surface area contributed by atoms with Crippen LogP contribution in [0.15, 0.2) is 29.3 Å². The van der Waals surface area contributed by atoms with Crippen LogP contribution in [0.2, 0.25) is 0 Å². The molecule has 1 aliphatic heterocycles. The Bertz CT molecular complexity index is 892. The standard InChI is InChI=1S/C22H26O6/c1-12(2)9-14-7-6-8-16-17(14)19(25)22(20(26)27-5)21(28-22,18(16)24)10-15(11-23)13(3)4/h6-8,12,23H,9-11H2,1-5H3/t21-,22+/m0/s1. The van der Waals surface area contributed by atoms with Gasteiger partial charge in [0.1, 0.15) is 0 Å². The van der Waals surface area contributed by atoms with Crippen LogP contribution in [0.4, 0.5) is 0 Å². The second-order valence-electron chi connectivity index (χ2n) is 8.14. The number of carbonyl (C=O) groups is 3. The van der Waals surface area contributed by atoms with Gasteiger partial charge in [-0.15, -0.1) is 0 Å². The van der Waals surface area contributed by atoms with Crippen LogP contribution in [-0.4, -0.2) is 47.6 Å². The third-order valence-corrected chi connectivity index (χ3v) is 5.62. The highest BCUT2D eigenvalue weighted by atomic mass is 16.7. The molecule has 0 saturated carbocycles. The highest BCUT2D eigenvalue weighted by Gasteiger charge is 2.85. The van der Waals surface area contributed by atoms with E-state index in [2.05, 4.69) is 0 Å². The number of hydrogen-bond acceptors (Lipinski definition) is 6. The fraction of sp³-hybridized carbons (Fsp3) is 0.500. The summed E-state index contributed by atoms with van der Waals surface area (Å²) in [5.41, 5.74) is -1.01. The van der Waals surface area contributed by atoms with Crippen LogP contribution >= 0.6 is 0 Å². The van der Waals surface area contributed by atoms with Crippen molar-refractivity contribution in [2.45, 2.75) is 51.7 Å². The zero-order chi connectivity index (χ0) is 20.9. The summed E-state index contributed by atoms with van der Waals surface area (Å²) in [6, 6.07) is 5.15. The van der Waals surface area contributed by atoms with Gasteiger partial charge in [-0.3, -0.25) is 9.59 Å². The first-order chi connectivity index (χ1) is 13.2. The number of Topliss-reactive ketones (excluding diaryl/α,β-unsaturated/α-hetero) is 2. The molecule has 0 aromatic heterocycles. The van der Waals surface area contributed by atoms with Crippen LogP contribution < -0.4 is 0 Å². The molecule has 2 aliphatic rings. The summed E-state index contributed by atoms with van der Waals surface area (Å²) in [6.45, 7) is 7.35. The Labute approximate surface area is 164 Å². The van der Waals surface area contributed by atoms with Crippen molar-refractivity contribution >= 4 is 17.5 Å². The minimum atomic E-state index is -1.98. The largest absolute Gasteiger partial charge is 0.466 e. The van der Waals surface area contributed by atoms with E-state index in [9.17, 15) is 19.5 Å². The first kappa shape index (κ1) is 20.4. The fourth-order valence-electron chi connectivity index (χ4n) is 4.11. The van der Waals surface area contributed by atoms with Crippen molar-refractivity contribution in [2.75, 3.05) is 13.7 Å². The van der Waals surface area contributed by atoms with Crippen LogP contribution in [0.5, 0.6) is 0 Å². The van der Waals surface area contributed by atoms with Gasteiger partial charge in [0.2, 0.25) is 5.78 Å². The highest BCUT2D eigenvalue weighted by Crippen LogP contribution is 2.59. The van der Waals surface area contributed by atoms with Crippen molar-refractivity contribution in [3.05, 3.63) is 46.0 Å². The number of carbonyl (C=O) groups excluding carboxylic acids is 3. The number of allylic oxidation sites excluding steroid dienone is 1. The molecule has 6 nitrogen and oxygen atoms in total. The molecular formula is C22H26O6. The predicted octanol–water partition coefficient (Wildman–Crippen LogP) is 2.66. The Morgan fingerprint density at radius 2 is 1.89 bits per heavy atom. The van der Waals surface area contributed by atoms with Crippen molar-refractivity contribution < 1.29 is 29.0 Å². The van der Waals surface area contributed by atoms with Gasteiger partial charge in [0.05, 0.1) is 13.7 Å². The van der Waals surface area contributed by atoms with E-state index < -0.39 is 28.7 Å². The average Bonchev–Trinajstić information content (AvgIpc) is 3.34. The summed E-state index contributed by atoms with van der Waals surface area (Å²) in [5.74, 6) is -1.55. The van der Waals surface area contributed by atoms with Crippen molar-refractivity contribution in [1.29, 1.82) is 0 Å². The number of aliphatic hydroxyl groups is 1. The molecule has 0 spiro atoms. The second kappa shape index (κ2) is 6.94. The summed E-state index contributed by atoms with van der Waals surface area (Å²) in [7, 11) is 1.17. The summed E-state index contributed by atoms with van der Waals surface area (Å²) < 4.78 is 10.6. The number of esters is 1. The van der Waals surface area contributed by atoms with Crippen molar-refractivity contribution in [1.82, 2.24) is 0 Å². The van der Waals surface area contributed by atoms with Crippen LogP contribution in [0.25, 0.3) is 0 Å². The lowest BCUT2D eigenvalue weighted by Crippen LogP contribution is -2.51. The van der Waals surface area contributed by atoms with Gasteiger partial charge in [-0.05, 0) is 37.3 Å². The van der Waals surface area contributed by atoms with Gasteiger partial charge < -0.3 is 14.6 Å². The van der Waals surface area contributed by atoms with E-state index in [0.29, 0.717) is 12.0 Å². The molecule has 1 fully saturated rings. The van der Waals surface area contributed by atoms with E-state index in [1.54, 1.807) is 32.0 Å². The molecule has 28 heavy (non-hydrogen) atoms. The summed E-state index contributed by atoms with van der Waals surface area (Å²) in [6.07, 6.45) is 0.571. The zero-order valence-electron chi connectivity index (χ0n) is 16.9. The SMILES string of the molecule is COC(=O)[C@@]12O[C@@]1(CC(CO)=C(C)C)C(=O)c1cccc(CC(C)C)c1C2=O. The van der Waals surface area contributed by atoms with E-state index in [4.69, 9.17) is 9.47 Å².